The number of benzene rings is 1. The first-order valence-electron chi connectivity index (χ1n) is 5.35. The third kappa shape index (κ3) is 2.11. The van der Waals surface area contributed by atoms with Crippen LogP contribution in [0.1, 0.15) is 10.4 Å². The molecule has 0 unspecified atom stereocenters. The second-order valence-electron chi connectivity index (χ2n) is 3.77. The van der Waals surface area contributed by atoms with Crippen molar-refractivity contribution in [2.45, 2.75) is 0 Å². The minimum absolute atomic E-state index is 0.0861. The molecule has 0 radical (unpaired) electrons. The molecular weight excluding hydrogens is 268 g/mol. The summed E-state index contributed by atoms with van der Waals surface area (Å²) in [6.45, 7) is 0. The number of carboxylic acids is 1. The lowest BCUT2D eigenvalue weighted by atomic mass is 10.2. The van der Waals surface area contributed by atoms with Crippen LogP contribution >= 0.6 is 0 Å². The first kappa shape index (κ1) is 13.3. The van der Waals surface area contributed by atoms with Gasteiger partial charge in [-0.25, -0.2) is 9.48 Å². The Kier molecular flexibility index (Phi) is 3.25. The minimum atomic E-state index is -1.23. The molecule has 0 atom stereocenters. The minimum Gasteiger partial charge on any atom is -0.490 e. The number of nitrogens with two attached hydrogens (primary N) is 1. The van der Waals surface area contributed by atoms with Gasteiger partial charge in [-0.15, -0.1) is 0 Å². The molecule has 0 aliphatic carbocycles. The Labute approximate surface area is 112 Å². The standard InChI is InChI=1S/C11H10N4O5/c1-20-9-3-2-6(4-8(9)15(18)19)14-10(12)7(5-13-14)11(16)17/h2-5H,12H2,1H3,(H,16,17). The summed E-state index contributed by atoms with van der Waals surface area (Å²) in [6, 6.07) is 4.07. The predicted octanol–water partition coefficient (Wildman–Crippen LogP) is 1.07. The lowest BCUT2D eigenvalue weighted by Crippen LogP contribution is -2.06. The molecule has 0 aliphatic heterocycles. The number of rotatable bonds is 4. The Morgan fingerprint density at radius 3 is 2.75 bits per heavy atom. The SMILES string of the molecule is COc1ccc(-n2ncc(C(=O)O)c2N)cc1[N+](=O)[O-]. The van der Waals surface area contributed by atoms with E-state index in [1.165, 1.54) is 25.3 Å². The van der Waals surface area contributed by atoms with Crippen LogP contribution in [0.25, 0.3) is 5.69 Å². The van der Waals surface area contributed by atoms with Crippen molar-refractivity contribution in [2.24, 2.45) is 0 Å². The molecule has 0 amide bonds. The summed E-state index contributed by atoms with van der Waals surface area (Å²) in [7, 11) is 1.31. The van der Waals surface area contributed by atoms with Crippen LogP contribution in [0.2, 0.25) is 0 Å². The quantitative estimate of drug-likeness (QED) is 0.631. The first-order chi connectivity index (χ1) is 9.45. The molecule has 104 valence electrons. The fourth-order valence-corrected chi connectivity index (χ4v) is 1.68. The van der Waals surface area contributed by atoms with E-state index in [0.29, 0.717) is 0 Å². The Hall–Kier alpha value is -3.10. The maximum absolute atomic E-state index is 10.9. The first-order valence-corrected chi connectivity index (χ1v) is 5.35. The van der Waals surface area contributed by atoms with E-state index in [0.717, 1.165) is 10.9 Å². The molecule has 0 saturated carbocycles. The third-order valence-corrected chi connectivity index (χ3v) is 2.64. The van der Waals surface area contributed by atoms with Gasteiger partial charge in [0.05, 0.1) is 23.9 Å². The van der Waals surface area contributed by atoms with Crippen LogP contribution in [0.15, 0.2) is 24.4 Å². The number of nitro benzene ring substituents is 1. The van der Waals surface area contributed by atoms with Crippen LogP contribution in [0.5, 0.6) is 5.75 Å². The molecule has 20 heavy (non-hydrogen) atoms. The number of hydrogen-bond acceptors (Lipinski definition) is 6. The Morgan fingerprint density at radius 1 is 1.55 bits per heavy atom. The van der Waals surface area contributed by atoms with Gasteiger partial charge in [0.2, 0.25) is 0 Å². The zero-order valence-electron chi connectivity index (χ0n) is 10.3. The summed E-state index contributed by atoms with van der Waals surface area (Å²) in [4.78, 5) is 21.2. The predicted molar refractivity (Wildman–Crippen MR) is 68.1 cm³/mol. The number of carbonyl (C=O) groups is 1. The van der Waals surface area contributed by atoms with Gasteiger partial charge >= 0.3 is 11.7 Å². The lowest BCUT2D eigenvalue weighted by Gasteiger charge is -2.06. The monoisotopic (exact) mass is 278 g/mol. The largest absolute Gasteiger partial charge is 0.490 e. The highest BCUT2D eigenvalue weighted by Crippen LogP contribution is 2.30. The van der Waals surface area contributed by atoms with Crippen molar-refractivity contribution >= 4 is 17.5 Å². The maximum atomic E-state index is 10.9. The summed E-state index contributed by atoms with van der Waals surface area (Å²) < 4.78 is 5.98. The topological polar surface area (TPSA) is 134 Å². The zero-order valence-corrected chi connectivity index (χ0v) is 10.3. The number of ether oxygens (including phenoxy) is 1. The number of nitrogens with zero attached hydrogens (tertiary/aromatic N) is 3. The van der Waals surface area contributed by atoms with E-state index in [9.17, 15) is 14.9 Å². The van der Waals surface area contributed by atoms with E-state index in [4.69, 9.17) is 15.6 Å². The molecule has 0 fully saturated rings. The number of anilines is 1. The fraction of sp³-hybridized carbons (Fsp3) is 0.0909. The van der Waals surface area contributed by atoms with Gasteiger partial charge in [-0.3, -0.25) is 10.1 Å². The van der Waals surface area contributed by atoms with Crippen LogP contribution in [0.3, 0.4) is 0 Å². The van der Waals surface area contributed by atoms with Gasteiger partial charge in [-0.2, -0.15) is 5.10 Å². The third-order valence-electron chi connectivity index (χ3n) is 2.64. The maximum Gasteiger partial charge on any atom is 0.341 e. The molecule has 9 heteroatoms. The summed E-state index contributed by atoms with van der Waals surface area (Å²) in [5.74, 6) is -1.25. The lowest BCUT2D eigenvalue weighted by molar-refractivity contribution is -0.385. The van der Waals surface area contributed by atoms with Crippen LogP contribution in [0.4, 0.5) is 11.5 Å². The normalized spacial score (nSPS) is 10.2. The molecule has 0 spiro atoms. The summed E-state index contributed by atoms with van der Waals surface area (Å²) >= 11 is 0. The molecule has 2 aromatic rings. The van der Waals surface area contributed by atoms with E-state index in [-0.39, 0.29) is 28.5 Å². The van der Waals surface area contributed by atoms with Crippen LogP contribution in [-0.2, 0) is 0 Å². The van der Waals surface area contributed by atoms with Crippen LogP contribution in [-0.4, -0.2) is 32.9 Å². The molecule has 1 aromatic carbocycles. The van der Waals surface area contributed by atoms with Crippen LogP contribution < -0.4 is 10.5 Å². The average Bonchev–Trinajstić information content (AvgIpc) is 2.79. The number of nitro groups is 1. The smallest absolute Gasteiger partial charge is 0.341 e. The van der Waals surface area contributed by atoms with Crippen molar-refractivity contribution in [2.75, 3.05) is 12.8 Å². The Morgan fingerprint density at radius 2 is 2.25 bits per heavy atom. The fourth-order valence-electron chi connectivity index (χ4n) is 1.68. The Balaban J connectivity index is 2.56. The van der Waals surface area contributed by atoms with Gasteiger partial charge in [-0.05, 0) is 12.1 Å². The second kappa shape index (κ2) is 4.88. The second-order valence-corrected chi connectivity index (χ2v) is 3.77. The molecule has 0 bridgehead atoms. The highest BCUT2D eigenvalue weighted by atomic mass is 16.6. The Bertz CT molecular complexity index is 694. The number of hydrogen-bond donors (Lipinski definition) is 2. The van der Waals surface area contributed by atoms with Gasteiger partial charge in [-0.1, -0.05) is 0 Å². The van der Waals surface area contributed by atoms with Crippen molar-refractivity contribution < 1.29 is 19.6 Å². The van der Waals surface area contributed by atoms with Gasteiger partial charge in [0, 0.05) is 6.07 Å². The summed E-state index contributed by atoms with van der Waals surface area (Å²) in [5, 5.41) is 23.6. The summed E-state index contributed by atoms with van der Waals surface area (Å²) in [5.41, 5.74) is 5.47. The van der Waals surface area contributed by atoms with E-state index in [1.807, 2.05) is 0 Å². The molecule has 0 aliphatic rings. The van der Waals surface area contributed by atoms with E-state index < -0.39 is 10.9 Å². The highest BCUT2D eigenvalue weighted by molar-refractivity contribution is 5.92. The van der Waals surface area contributed by atoms with E-state index >= 15 is 0 Å². The molecular formula is C11H10N4O5. The summed E-state index contributed by atoms with van der Waals surface area (Å²) in [6.07, 6.45) is 1.08. The van der Waals surface area contributed by atoms with Gasteiger partial charge in [0.25, 0.3) is 0 Å². The van der Waals surface area contributed by atoms with Crippen molar-refractivity contribution in [3.63, 3.8) is 0 Å². The average molecular weight is 278 g/mol. The van der Waals surface area contributed by atoms with E-state index in [2.05, 4.69) is 5.10 Å². The molecule has 0 saturated heterocycles. The van der Waals surface area contributed by atoms with Gasteiger partial charge in [0.1, 0.15) is 11.4 Å². The zero-order chi connectivity index (χ0) is 14.9. The number of aromatic carboxylic acids is 1. The number of aromatic nitrogens is 2. The number of carboxylic acid groups (broad SMARTS) is 1. The van der Waals surface area contributed by atoms with Crippen molar-refractivity contribution in [3.05, 3.63) is 40.1 Å². The van der Waals surface area contributed by atoms with Crippen molar-refractivity contribution in [1.82, 2.24) is 9.78 Å². The molecule has 3 N–H and O–H groups in total. The number of nitrogen functional groups attached to an aromatic ring is 1. The van der Waals surface area contributed by atoms with Gasteiger partial charge < -0.3 is 15.6 Å². The van der Waals surface area contributed by atoms with E-state index in [1.54, 1.807) is 0 Å². The molecule has 1 heterocycles. The molecule has 9 nitrogen and oxygen atoms in total. The highest BCUT2D eigenvalue weighted by Gasteiger charge is 2.19. The molecule has 2 rings (SSSR count). The van der Waals surface area contributed by atoms with Gasteiger partial charge in [0.15, 0.2) is 5.75 Å². The van der Waals surface area contributed by atoms with Crippen LogP contribution in [0, 0.1) is 10.1 Å². The number of methoxy groups -OCH3 is 1. The molecule has 1 aromatic heterocycles. The van der Waals surface area contributed by atoms with Crippen molar-refractivity contribution in [1.29, 1.82) is 0 Å². The van der Waals surface area contributed by atoms with Crippen molar-refractivity contribution in [3.8, 4) is 11.4 Å².